The van der Waals surface area contributed by atoms with Crippen LogP contribution < -0.4 is 15.2 Å². The normalized spacial score (nSPS) is 18.2. The van der Waals surface area contributed by atoms with Crippen LogP contribution in [0.3, 0.4) is 0 Å². The third kappa shape index (κ3) is 4.28. The van der Waals surface area contributed by atoms with Crippen molar-refractivity contribution in [3.63, 3.8) is 0 Å². The van der Waals surface area contributed by atoms with Crippen molar-refractivity contribution in [1.29, 1.82) is 0 Å². The van der Waals surface area contributed by atoms with Gasteiger partial charge in [-0.2, -0.15) is 0 Å². The zero-order valence-corrected chi connectivity index (χ0v) is 15.5. The maximum atomic E-state index is 10.6. The van der Waals surface area contributed by atoms with Crippen molar-refractivity contribution in [2.75, 3.05) is 14.2 Å². The van der Waals surface area contributed by atoms with Gasteiger partial charge in [-0.1, -0.05) is 35.2 Å². The summed E-state index contributed by atoms with van der Waals surface area (Å²) in [7, 11) is 3.19. The number of aliphatic hydroxyl groups is 1. The van der Waals surface area contributed by atoms with Gasteiger partial charge in [0.05, 0.1) is 26.4 Å². The molecule has 3 N–H and O–H groups in total. The van der Waals surface area contributed by atoms with Crippen molar-refractivity contribution < 1.29 is 14.6 Å². The first-order valence-electron chi connectivity index (χ1n) is 7.43. The topological polar surface area (TPSA) is 64.7 Å². The standard InChI is InChI=1S/C16H24BrNO3.ClH/c1-20-13-8-11(12(17)9-14(13)21-2)15(18)16(19)10-6-4-3-5-7-10;/h8-10,15-16,19H,3-7,18H2,1-2H3;1H/t15-,16+;/m1./s1. The number of nitrogens with two attached hydrogens (primary N) is 1. The molecular weight excluding hydrogens is 370 g/mol. The summed E-state index contributed by atoms with van der Waals surface area (Å²) >= 11 is 3.52. The van der Waals surface area contributed by atoms with Gasteiger partial charge in [-0.3, -0.25) is 0 Å². The molecule has 0 saturated heterocycles. The van der Waals surface area contributed by atoms with Crippen LogP contribution in [0.4, 0.5) is 0 Å². The van der Waals surface area contributed by atoms with Gasteiger partial charge in [0.1, 0.15) is 0 Å². The van der Waals surface area contributed by atoms with Crippen LogP contribution in [0.2, 0.25) is 0 Å². The minimum Gasteiger partial charge on any atom is -0.493 e. The van der Waals surface area contributed by atoms with Crippen LogP contribution in [0.1, 0.15) is 43.7 Å². The Morgan fingerprint density at radius 3 is 2.23 bits per heavy atom. The van der Waals surface area contributed by atoms with E-state index in [0.29, 0.717) is 11.5 Å². The predicted octanol–water partition coefficient (Wildman–Crippen LogP) is 3.83. The first-order chi connectivity index (χ1) is 10.1. The summed E-state index contributed by atoms with van der Waals surface area (Å²) in [5.74, 6) is 1.56. The van der Waals surface area contributed by atoms with Crippen molar-refractivity contribution in [3.8, 4) is 11.5 Å². The monoisotopic (exact) mass is 393 g/mol. The van der Waals surface area contributed by atoms with Crippen LogP contribution in [-0.4, -0.2) is 25.4 Å². The predicted molar refractivity (Wildman–Crippen MR) is 94.0 cm³/mol. The van der Waals surface area contributed by atoms with E-state index in [1.54, 1.807) is 14.2 Å². The number of methoxy groups -OCH3 is 2. The van der Waals surface area contributed by atoms with Gasteiger partial charge in [-0.05, 0) is 36.5 Å². The van der Waals surface area contributed by atoms with Gasteiger partial charge in [0.15, 0.2) is 11.5 Å². The number of ether oxygens (including phenoxy) is 2. The van der Waals surface area contributed by atoms with E-state index in [0.717, 1.165) is 22.9 Å². The Kier molecular flexibility index (Phi) is 7.97. The number of rotatable bonds is 5. The van der Waals surface area contributed by atoms with Crippen molar-refractivity contribution in [1.82, 2.24) is 0 Å². The molecule has 1 saturated carbocycles. The summed E-state index contributed by atoms with van der Waals surface area (Å²) in [6.07, 6.45) is 5.21. The molecule has 6 heteroatoms. The minimum atomic E-state index is -0.528. The maximum Gasteiger partial charge on any atom is 0.161 e. The van der Waals surface area contributed by atoms with E-state index in [4.69, 9.17) is 15.2 Å². The molecule has 22 heavy (non-hydrogen) atoms. The molecule has 0 bridgehead atoms. The van der Waals surface area contributed by atoms with Crippen LogP contribution >= 0.6 is 28.3 Å². The van der Waals surface area contributed by atoms with Crippen LogP contribution in [0.25, 0.3) is 0 Å². The lowest BCUT2D eigenvalue weighted by atomic mass is 9.81. The van der Waals surface area contributed by atoms with E-state index in [1.165, 1.54) is 19.3 Å². The lowest BCUT2D eigenvalue weighted by Gasteiger charge is -2.31. The molecule has 0 amide bonds. The lowest BCUT2D eigenvalue weighted by Crippen LogP contribution is -2.34. The molecule has 2 rings (SSSR count). The van der Waals surface area contributed by atoms with Gasteiger partial charge < -0.3 is 20.3 Å². The smallest absolute Gasteiger partial charge is 0.161 e. The molecule has 0 aliphatic heterocycles. The first-order valence-corrected chi connectivity index (χ1v) is 8.22. The molecule has 4 nitrogen and oxygen atoms in total. The van der Waals surface area contributed by atoms with Gasteiger partial charge >= 0.3 is 0 Å². The fourth-order valence-corrected chi connectivity index (χ4v) is 3.66. The highest BCUT2D eigenvalue weighted by molar-refractivity contribution is 9.10. The summed E-state index contributed by atoms with van der Waals surface area (Å²) in [6, 6.07) is 3.25. The quantitative estimate of drug-likeness (QED) is 0.796. The van der Waals surface area contributed by atoms with E-state index in [-0.39, 0.29) is 18.3 Å². The van der Waals surface area contributed by atoms with Crippen molar-refractivity contribution in [2.45, 2.75) is 44.2 Å². The molecule has 1 aliphatic rings. The molecule has 0 radical (unpaired) electrons. The Labute approximate surface area is 146 Å². The number of hydrogen-bond donors (Lipinski definition) is 2. The molecule has 0 heterocycles. The average Bonchev–Trinajstić information content (AvgIpc) is 2.54. The summed E-state index contributed by atoms with van der Waals surface area (Å²) in [6.45, 7) is 0. The maximum absolute atomic E-state index is 10.6. The lowest BCUT2D eigenvalue weighted by molar-refractivity contribution is 0.0615. The van der Waals surface area contributed by atoms with Crippen LogP contribution in [0.15, 0.2) is 16.6 Å². The Morgan fingerprint density at radius 2 is 1.68 bits per heavy atom. The summed E-state index contributed by atoms with van der Waals surface area (Å²) in [4.78, 5) is 0. The molecule has 1 fully saturated rings. The third-order valence-corrected chi connectivity index (χ3v) is 5.05. The van der Waals surface area contributed by atoms with E-state index in [2.05, 4.69) is 15.9 Å². The molecule has 126 valence electrons. The Balaban J connectivity index is 0.00000242. The van der Waals surface area contributed by atoms with Gasteiger partial charge in [-0.15, -0.1) is 12.4 Å². The summed E-state index contributed by atoms with van der Waals surface area (Å²) < 4.78 is 11.4. The fourth-order valence-electron chi connectivity index (χ4n) is 3.08. The highest BCUT2D eigenvalue weighted by atomic mass is 79.9. The Bertz CT molecular complexity index is 481. The van der Waals surface area contributed by atoms with Crippen LogP contribution in [-0.2, 0) is 0 Å². The molecule has 0 spiro atoms. The third-order valence-electron chi connectivity index (χ3n) is 4.36. The second-order valence-corrected chi connectivity index (χ2v) is 6.50. The van der Waals surface area contributed by atoms with Gasteiger partial charge in [-0.25, -0.2) is 0 Å². The van der Waals surface area contributed by atoms with Gasteiger partial charge in [0.2, 0.25) is 0 Å². The number of benzene rings is 1. The first kappa shape index (κ1) is 19.6. The van der Waals surface area contributed by atoms with E-state index in [9.17, 15) is 5.11 Å². The summed E-state index contributed by atoms with van der Waals surface area (Å²) in [5.41, 5.74) is 7.16. The van der Waals surface area contributed by atoms with Crippen molar-refractivity contribution in [2.24, 2.45) is 11.7 Å². The number of hydrogen-bond acceptors (Lipinski definition) is 4. The zero-order chi connectivity index (χ0) is 15.4. The Morgan fingerprint density at radius 1 is 1.14 bits per heavy atom. The largest absolute Gasteiger partial charge is 0.493 e. The highest BCUT2D eigenvalue weighted by Crippen LogP contribution is 2.38. The van der Waals surface area contributed by atoms with Crippen LogP contribution in [0.5, 0.6) is 11.5 Å². The fraction of sp³-hybridized carbons (Fsp3) is 0.625. The summed E-state index contributed by atoms with van der Waals surface area (Å²) in [5, 5.41) is 10.6. The van der Waals surface area contributed by atoms with Crippen molar-refractivity contribution in [3.05, 3.63) is 22.2 Å². The second-order valence-electron chi connectivity index (χ2n) is 5.64. The second kappa shape index (κ2) is 8.96. The average molecular weight is 395 g/mol. The SMILES string of the molecule is COc1cc(Br)c([C@@H](N)[C@@H](O)C2CCCCC2)cc1OC.Cl. The van der Waals surface area contributed by atoms with E-state index in [1.807, 2.05) is 12.1 Å². The van der Waals surface area contributed by atoms with Gasteiger partial charge in [0.25, 0.3) is 0 Å². The number of aliphatic hydroxyl groups excluding tert-OH is 1. The molecule has 1 aromatic rings. The molecule has 2 atom stereocenters. The zero-order valence-electron chi connectivity index (χ0n) is 13.0. The Hall–Kier alpha value is -0.490. The highest BCUT2D eigenvalue weighted by Gasteiger charge is 2.29. The molecule has 1 aliphatic carbocycles. The van der Waals surface area contributed by atoms with Gasteiger partial charge in [0, 0.05) is 4.47 Å². The molecule has 1 aromatic carbocycles. The van der Waals surface area contributed by atoms with Crippen molar-refractivity contribution >= 4 is 28.3 Å². The van der Waals surface area contributed by atoms with E-state index < -0.39 is 12.1 Å². The molecule has 0 aromatic heterocycles. The van der Waals surface area contributed by atoms with E-state index >= 15 is 0 Å². The molecular formula is C16H25BrClNO3. The minimum absolute atomic E-state index is 0. The van der Waals surface area contributed by atoms with Crippen LogP contribution in [0, 0.1) is 5.92 Å². The molecule has 0 unspecified atom stereocenters. The number of halogens is 2.